The third-order valence-corrected chi connectivity index (χ3v) is 3.72. The molecule has 1 aromatic heterocycles. The molecule has 2 aromatic carbocycles. The Morgan fingerprint density at radius 1 is 1.05 bits per heavy atom. The van der Waals surface area contributed by atoms with Crippen molar-refractivity contribution in [3.63, 3.8) is 0 Å². The fourth-order valence-corrected chi connectivity index (χ4v) is 2.41. The molecule has 0 amide bonds. The van der Waals surface area contributed by atoms with Crippen LogP contribution in [0.25, 0.3) is 11.0 Å². The zero-order valence-electron chi connectivity index (χ0n) is 11.5. The molecule has 1 N–H and O–H groups in total. The summed E-state index contributed by atoms with van der Waals surface area (Å²) in [7, 11) is 0. The highest BCUT2D eigenvalue weighted by Gasteiger charge is 2.26. The van der Waals surface area contributed by atoms with Crippen LogP contribution in [0.5, 0.6) is 0 Å². The largest absolute Gasteiger partial charge is 0.341 e. The number of nitriles is 1. The van der Waals surface area contributed by atoms with Gasteiger partial charge in [-0.15, -0.1) is 0 Å². The van der Waals surface area contributed by atoms with E-state index in [-0.39, 0.29) is 5.41 Å². The van der Waals surface area contributed by atoms with E-state index in [1.54, 1.807) is 6.07 Å². The van der Waals surface area contributed by atoms with Crippen molar-refractivity contribution in [3.05, 3.63) is 65.5 Å². The summed E-state index contributed by atoms with van der Waals surface area (Å²) >= 11 is 0. The summed E-state index contributed by atoms with van der Waals surface area (Å²) in [5.74, 6) is 0.876. The van der Waals surface area contributed by atoms with Crippen molar-refractivity contribution in [3.8, 4) is 6.07 Å². The second-order valence-corrected chi connectivity index (χ2v) is 5.39. The van der Waals surface area contributed by atoms with Gasteiger partial charge in [0.1, 0.15) is 17.4 Å². The van der Waals surface area contributed by atoms with Gasteiger partial charge in [-0.1, -0.05) is 36.4 Å². The second-order valence-electron chi connectivity index (χ2n) is 5.39. The lowest BCUT2D eigenvalue weighted by Crippen LogP contribution is -2.20. The van der Waals surface area contributed by atoms with E-state index in [2.05, 4.69) is 42.0 Å². The molecule has 1 heterocycles. The third-order valence-electron chi connectivity index (χ3n) is 3.72. The van der Waals surface area contributed by atoms with Gasteiger partial charge in [0.2, 0.25) is 0 Å². The van der Waals surface area contributed by atoms with E-state index >= 15 is 0 Å². The first-order chi connectivity index (χ1) is 9.63. The number of rotatable bonds is 2. The van der Waals surface area contributed by atoms with Gasteiger partial charge in [0.05, 0.1) is 11.1 Å². The highest BCUT2D eigenvalue weighted by atomic mass is 14.9. The van der Waals surface area contributed by atoms with Gasteiger partial charge < -0.3 is 4.98 Å². The lowest BCUT2D eigenvalue weighted by molar-refractivity contribution is 0.601. The number of H-pyrrole nitrogens is 1. The normalized spacial score (nSPS) is 11.4. The third kappa shape index (κ3) is 1.86. The Hall–Kier alpha value is -2.60. The van der Waals surface area contributed by atoms with Gasteiger partial charge in [-0.25, -0.2) is 4.98 Å². The molecule has 3 aromatic rings. The maximum Gasteiger partial charge on any atom is 0.117 e. The van der Waals surface area contributed by atoms with E-state index in [9.17, 15) is 0 Å². The Labute approximate surface area is 117 Å². The lowest BCUT2D eigenvalue weighted by atomic mass is 9.84. The molecular weight excluding hydrogens is 246 g/mol. The minimum absolute atomic E-state index is 0.229. The maximum atomic E-state index is 9.16. The van der Waals surface area contributed by atoms with Gasteiger partial charge >= 0.3 is 0 Å². The standard InChI is InChI=1S/C17H15N3/c1-17(2,13-8-4-3-5-9-13)16-19-14-10-6-7-12(11-18)15(14)20-16/h3-10H,1-2H3,(H,19,20). The average Bonchev–Trinajstić information content (AvgIpc) is 2.93. The summed E-state index contributed by atoms with van der Waals surface area (Å²) in [6.07, 6.45) is 0. The minimum atomic E-state index is -0.229. The van der Waals surface area contributed by atoms with Crippen LogP contribution in [0.15, 0.2) is 48.5 Å². The number of benzene rings is 2. The fourth-order valence-electron chi connectivity index (χ4n) is 2.41. The van der Waals surface area contributed by atoms with Crippen LogP contribution in [0.2, 0.25) is 0 Å². The van der Waals surface area contributed by atoms with Crippen molar-refractivity contribution in [1.29, 1.82) is 5.26 Å². The summed E-state index contributed by atoms with van der Waals surface area (Å²) in [4.78, 5) is 8.00. The molecule has 20 heavy (non-hydrogen) atoms. The first-order valence-electron chi connectivity index (χ1n) is 6.58. The van der Waals surface area contributed by atoms with Crippen LogP contribution in [0.4, 0.5) is 0 Å². The molecule has 0 aliphatic heterocycles. The van der Waals surface area contributed by atoms with Crippen molar-refractivity contribution in [2.75, 3.05) is 0 Å². The van der Waals surface area contributed by atoms with E-state index in [4.69, 9.17) is 5.26 Å². The smallest absolute Gasteiger partial charge is 0.117 e. The van der Waals surface area contributed by atoms with Crippen LogP contribution in [0.3, 0.4) is 0 Å². The highest BCUT2D eigenvalue weighted by molar-refractivity contribution is 5.81. The zero-order chi connectivity index (χ0) is 14.2. The number of fused-ring (bicyclic) bond motifs is 1. The molecule has 0 radical (unpaired) electrons. The molecule has 3 heteroatoms. The number of imidazole rings is 1. The number of para-hydroxylation sites is 1. The number of aromatic nitrogens is 2. The molecule has 3 rings (SSSR count). The van der Waals surface area contributed by atoms with Crippen LogP contribution < -0.4 is 0 Å². The van der Waals surface area contributed by atoms with Crippen molar-refractivity contribution in [2.45, 2.75) is 19.3 Å². The van der Waals surface area contributed by atoms with Crippen LogP contribution in [-0.2, 0) is 5.41 Å². The SMILES string of the molecule is CC(C)(c1ccccc1)c1nc2c(C#N)cccc2[nH]1. The lowest BCUT2D eigenvalue weighted by Gasteiger charge is -2.22. The molecule has 0 fully saturated rings. The Morgan fingerprint density at radius 3 is 2.50 bits per heavy atom. The average molecular weight is 261 g/mol. The van der Waals surface area contributed by atoms with Gasteiger partial charge in [-0.05, 0) is 31.5 Å². The fraction of sp³-hybridized carbons (Fsp3) is 0.176. The molecular formula is C17H15N3. The summed E-state index contributed by atoms with van der Waals surface area (Å²) < 4.78 is 0. The maximum absolute atomic E-state index is 9.16. The summed E-state index contributed by atoms with van der Waals surface area (Å²) in [5.41, 5.74) is 3.22. The minimum Gasteiger partial charge on any atom is -0.341 e. The van der Waals surface area contributed by atoms with Crippen molar-refractivity contribution < 1.29 is 0 Å². The number of aromatic amines is 1. The summed E-state index contributed by atoms with van der Waals surface area (Å²) in [5, 5.41) is 9.16. The molecule has 3 nitrogen and oxygen atoms in total. The topological polar surface area (TPSA) is 52.5 Å². The van der Waals surface area contributed by atoms with Crippen molar-refractivity contribution in [2.24, 2.45) is 0 Å². The Kier molecular flexibility index (Phi) is 2.80. The molecule has 0 aliphatic rings. The van der Waals surface area contributed by atoms with E-state index in [1.807, 2.05) is 30.3 Å². The summed E-state index contributed by atoms with van der Waals surface area (Å²) in [6, 6.07) is 18.1. The number of hydrogen-bond acceptors (Lipinski definition) is 2. The Bertz CT molecular complexity index is 792. The van der Waals surface area contributed by atoms with Gasteiger partial charge in [0.25, 0.3) is 0 Å². The van der Waals surface area contributed by atoms with E-state index in [1.165, 1.54) is 5.56 Å². The highest BCUT2D eigenvalue weighted by Crippen LogP contribution is 2.31. The predicted octanol–water partition coefficient (Wildman–Crippen LogP) is 3.76. The number of hydrogen-bond donors (Lipinski definition) is 1. The van der Waals surface area contributed by atoms with Gasteiger partial charge in [-0.3, -0.25) is 0 Å². The number of nitrogens with one attached hydrogen (secondary N) is 1. The van der Waals surface area contributed by atoms with Crippen molar-refractivity contribution >= 4 is 11.0 Å². The molecule has 0 bridgehead atoms. The van der Waals surface area contributed by atoms with Crippen LogP contribution in [0.1, 0.15) is 30.8 Å². The van der Waals surface area contributed by atoms with Gasteiger partial charge in [-0.2, -0.15) is 5.26 Å². The van der Waals surface area contributed by atoms with E-state index < -0.39 is 0 Å². The second kappa shape index (κ2) is 4.50. The van der Waals surface area contributed by atoms with Crippen LogP contribution >= 0.6 is 0 Å². The van der Waals surface area contributed by atoms with Gasteiger partial charge in [0.15, 0.2) is 0 Å². The molecule has 0 saturated heterocycles. The van der Waals surface area contributed by atoms with E-state index in [0.717, 1.165) is 16.9 Å². The summed E-state index contributed by atoms with van der Waals surface area (Å²) in [6.45, 7) is 4.26. The molecule has 0 unspecified atom stereocenters. The van der Waals surface area contributed by atoms with Crippen LogP contribution in [0, 0.1) is 11.3 Å². The first-order valence-corrected chi connectivity index (χ1v) is 6.58. The van der Waals surface area contributed by atoms with E-state index in [0.29, 0.717) is 5.56 Å². The quantitative estimate of drug-likeness (QED) is 0.763. The predicted molar refractivity (Wildman–Crippen MR) is 79.4 cm³/mol. The van der Waals surface area contributed by atoms with Crippen LogP contribution in [-0.4, -0.2) is 9.97 Å². The Balaban J connectivity index is 2.18. The Morgan fingerprint density at radius 2 is 1.80 bits per heavy atom. The number of nitrogens with zero attached hydrogens (tertiary/aromatic N) is 2. The monoisotopic (exact) mass is 261 g/mol. The molecule has 98 valence electrons. The molecule has 0 aliphatic carbocycles. The first kappa shape index (κ1) is 12.4. The zero-order valence-corrected chi connectivity index (χ0v) is 11.5. The van der Waals surface area contributed by atoms with Gasteiger partial charge in [0, 0.05) is 5.41 Å². The van der Waals surface area contributed by atoms with Crippen molar-refractivity contribution in [1.82, 2.24) is 9.97 Å². The molecule has 0 atom stereocenters. The molecule has 0 saturated carbocycles. The molecule has 0 spiro atoms.